The second-order valence-electron chi connectivity index (χ2n) is 5.59. The van der Waals surface area contributed by atoms with Crippen molar-refractivity contribution in [1.82, 2.24) is 15.6 Å². The van der Waals surface area contributed by atoms with Crippen molar-refractivity contribution in [2.24, 2.45) is 4.99 Å². The summed E-state index contributed by atoms with van der Waals surface area (Å²) in [5, 5.41) is 7.41. The average Bonchev–Trinajstić information content (AvgIpc) is 3.05. The van der Waals surface area contributed by atoms with Crippen molar-refractivity contribution in [3.05, 3.63) is 39.8 Å². The van der Waals surface area contributed by atoms with Crippen LogP contribution in [0.3, 0.4) is 0 Å². The molecular formula is C18H24F2N4O2S. The van der Waals surface area contributed by atoms with Gasteiger partial charge in [0.25, 0.3) is 0 Å². The molecule has 2 N–H and O–H groups in total. The Morgan fingerprint density at radius 3 is 2.78 bits per heavy atom. The van der Waals surface area contributed by atoms with E-state index in [9.17, 15) is 8.78 Å². The second-order valence-corrected chi connectivity index (χ2v) is 6.91. The highest BCUT2D eigenvalue weighted by molar-refractivity contribution is 7.11. The molecule has 0 unspecified atom stereocenters. The fourth-order valence-electron chi connectivity index (χ4n) is 2.31. The van der Waals surface area contributed by atoms with Crippen LogP contribution in [-0.4, -0.2) is 37.8 Å². The molecule has 148 valence electrons. The zero-order valence-corrected chi connectivity index (χ0v) is 16.4. The average molecular weight is 398 g/mol. The van der Waals surface area contributed by atoms with Gasteiger partial charge in [0.05, 0.1) is 18.7 Å². The summed E-state index contributed by atoms with van der Waals surface area (Å²) in [5.41, 5.74) is 0.545. The van der Waals surface area contributed by atoms with Gasteiger partial charge in [-0.05, 0) is 26.0 Å². The number of ether oxygens (including phenoxy) is 2. The number of alkyl halides is 2. The molecule has 27 heavy (non-hydrogen) atoms. The lowest BCUT2D eigenvalue weighted by Crippen LogP contribution is -2.38. The Morgan fingerprint density at radius 2 is 2.15 bits per heavy atom. The smallest absolute Gasteiger partial charge is 0.387 e. The topological polar surface area (TPSA) is 67.8 Å². The number of aromatic nitrogens is 1. The van der Waals surface area contributed by atoms with Gasteiger partial charge in [-0.3, -0.25) is 0 Å². The standard InChI is InChI=1S/C18H24F2N4O2S/c1-4-21-18(22-8-7-16-23-10-12(2)27-16)24-11-13-5-6-14(25-3)9-15(13)26-17(19)20/h5-6,9-10,17H,4,7-8,11H2,1-3H3,(H2,21,22,24). The van der Waals surface area contributed by atoms with Crippen molar-refractivity contribution >= 4 is 17.3 Å². The minimum Gasteiger partial charge on any atom is -0.497 e. The summed E-state index contributed by atoms with van der Waals surface area (Å²) < 4.78 is 35.0. The van der Waals surface area contributed by atoms with Gasteiger partial charge in [0, 0.05) is 42.2 Å². The Bertz CT molecular complexity index is 753. The predicted molar refractivity (Wildman–Crippen MR) is 103 cm³/mol. The van der Waals surface area contributed by atoms with E-state index in [4.69, 9.17) is 4.74 Å². The fraction of sp³-hybridized carbons (Fsp3) is 0.444. The van der Waals surface area contributed by atoms with E-state index in [1.54, 1.807) is 23.5 Å². The minimum absolute atomic E-state index is 0.0576. The third-order valence-corrected chi connectivity index (χ3v) is 4.52. The van der Waals surface area contributed by atoms with Gasteiger partial charge in [-0.2, -0.15) is 8.78 Å². The van der Waals surface area contributed by atoms with Crippen LogP contribution in [0.4, 0.5) is 8.78 Å². The second kappa shape index (κ2) is 10.7. The maximum atomic E-state index is 12.7. The number of methoxy groups -OCH3 is 1. The lowest BCUT2D eigenvalue weighted by atomic mass is 10.2. The van der Waals surface area contributed by atoms with E-state index in [0.717, 1.165) is 11.4 Å². The number of halogens is 2. The lowest BCUT2D eigenvalue weighted by molar-refractivity contribution is -0.0505. The first-order valence-electron chi connectivity index (χ1n) is 8.57. The van der Waals surface area contributed by atoms with Gasteiger partial charge in [-0.1, -0.05) is 0 Å². The number of aliphatic imine (C=N–C) groups is 1. The van der Waals surface area contributed by atoms with Gasteiger partial charge in [-0.25, -0.2) is 9.98 Å². The largest absolute Gasteiger partial charge is 0.497 e. The van der Waals surface area contributed by atoms with E-state index >= 15 is 0 Å². The number of rotatable bonds is 9. The Kier molecular flexibility index (Phi) is 8.25. The highest BCUT2D eigenvalue weighted by atomic mass is 32.1. The van der Waals surface area contributed by atoms with Crippen molar-refractivity contribution in [1.29, 1.82) is 0 Å². The summed E-state index contributed by atoms with van der Waals surface area (Å²) in [6.07, 6.45) is 2.64. The first kappa shape index (κ1) is 20.9. The molecule has 0 fully saturated rings. The molecule has 0 saturated heterocycles. The molecule has 6 nitrogen and oxygen atoms in total. The Hall–Kier alpha value is -2.42. The van der Waals surface area contributed by atoms with Gasteiger partial charge in [0.15, 0.2) is 5.96 Å². The third-order valence-electron chi connectivity index (χ3n) is 3.54. The van der Waals surface area contributed by atoms with Crippen molar-refractivity contribution < 1.29 is 18.3 Å². The SMILES string of the molecule is CCNC(=NCc1ccc(OC)cc1OC(F)F)NCCc1ncc(C)s1. The maximum Gasteiger partial charge on any atom is 0.387 e. The van der Waals surface area contributed by atoms with Crippen molar-refractivity contribution in [3.8, 4) is 11.5 Å². The number of nitrogens with one attached hydrogen (secondary N) is 2. The molecule has 1 aromatic heterocycles. The predicted octanol–water partition coefficient (Wildman–Crippen LogP) is 3.36. The van der Waals surface area contributed by atoms with E-state index in [0.29, 0.717) is 30.4 Å². The number of hydrogen-bond donors (Lipinski definition) is 2. The van der Waals surface area contributed by atoms with E-state index in [1.807, 2.05) is 20.0 Å². The molecule has 0 aliphatic rings. The monoisotopic (exact) mass is 398 g/mol. The molecule has 0 atom stereocenters. The zero-order valence-electron chi connectivity index (χ0n) is 15.6. The normalized spacial score (nSPS) is 11.6. The minimum atomic E-state index is -2.91. The first-order valence-corrected chi connectivity index (χ1v) is 9.38. The number of hydrogen-bond acceptors (Lipinski definition) is 5. The van der Waals surface area contributed by atoms with Crippen LogP contribution in [0.2, 0.25) is 0 Å². The Balaban J connectivity index is 2.02. The fourth-order valence-corrected chi connectivity index (χ4v) is 3.10. The third kappa shape index (κ3) is 7.01. The molecule has 0 radical (unpaired) electrons. The molecule has 0 amide bonds. The van der Waals surface area contributed by atoms with Crippen molar-refractivity contribution in [2.75, 3.05) is 20.2 Å². The summed E-state index contributed by atoms with van der Waals surface area (Å²) in [4.78, 5) is 9.96. The van der Waals surface area contributed by atoms with Crippen LogP contribution in [-0.2, 0) is 13.0 Å². The molecule has 2 rings (SSSR count). The number of benzene rings is 1. The number of thiazole rings is 1. The van der Waals surface area contributed by atoms with Crippen LogP contribution in [0, 0.1) is 6.92 Å². The number of guanidine groups is 1. The van der Waals surface area contributed by atoms with Gasteiger partial charge in [0.2, 0.25) is 0 Å². The van der Waals surface area contributed by atoms with Crippen LogP contribution in [0.15, 0.2) is 29.4 Å². The van der Waals surface area contributed by atoms with E-state index in [2.05, 4.69) is 25.3 Å². The van der Waals surface area contributed by atoms with Gasteiger partial charge in [-0.15, -0.1) is 11.3 Å². The lowest BCUT2D eigenvalue weighted by Gasteiger charge is -2.13. The molecule has 0 bridgehead atoms. The highest BCUT2D eigenvalue weighted by Crippen LogP contribution is 2.27. The van der Waals surface area contributed by atoms with Gasteiger partial charge < -0.3 is 20.1 Å². The van der Waals surface area contributed by atoms with Crippen LogP contribution in [0.25, 0.3) is 0 Å². The quantitative estimate of drug-likeness (QED) is 0.501. The van der Waals surface area contributed by atoms with Crippen molar-refractivity contribution in [3.63, 3.8) is 0 Å². The number of nitrogens with zero attached hydrogens (tertiary/aromatic N) is 2. The molecule has 2 aromatic rings. The molecule has 0 saturated carbocycles. The summed E-state index contributed by atoms with van der Waals surface area (Å²) in [6.45, 7) is 2.62. The van der Waals surface area contributed by atoms with E-state index < -0.39 is 6.61 Å². The maximum absolute atomic E-state index is 12.7. The first-order chi connectivity index (χ1) is 13.0. The molecule has 1 heterocycles. The van der Waals surface area contributed by atoms with Crippen LogP contribution in [0.1, 0.15) is 22.4 Å². The molecule has 0 spiro atoms. The molecule has 0 aliphatic heterocycles. The molecule has 1 aromatic carbocycles. The molecule has 9 heteroatoms. The van der Waals surface area contributed by atoms with E-state index in [1.165, 1.54) is 18.1 Å². The van der Waals surface area contributed by atoms with Crippen LogP contribution in [0.5, 0.6) is 11.5 Å². The Morgan fingerprint density at radius 1 is 1.33 bits per heavy atom. The summed E-state index contributed by atoms with van der Waals surface area (Å²) in [7, 11) is 1.47. The molecular weight excluding hydrogens is 374 g/mol. The van der Waals surface area contributed by atoms with Crippen LogP contribution < -0.4 is 20.1 Å². The Labute approximate surface area is 161 Å². The summed E-state index contributed by atoms with van der Waals surface area (Å²) in [5.74, 6) is 1.11. The highest BCUT2D eigenvalue weighted by Gasteiger charge is 2.11. The van der Waals surface area contributed by atoms with Gasteiger partial charge in [0.1, 0.15) is 11.5 Å². The summed E-state index contributed by atoms with van der Waals surface area (Å²) in [6, 6.07) is 4.79. The van der Waals surface area contributed by atoms with E-state index in [-0.39, 0.29) is 12.3 Å². The number of aryl methyl sites for hydroxylation is 1. The summed E-state index contributed by atoms with van der Waals surface area (Å²) >= 11 is 1.66. The van der Waals surface area contributed by atoms with Crippen molar-refractivity contribution in [2.45, 2.75) is 33.4 Å². The van der Waals surface area contributed by atoms with Crippen LogP contribution >= 0.6 is 11.3 Å². The molecule has 0 aliphatic carbocycles. The van der Waals surface area contributed by atoms with Gasteiger partial charge >= 0.3 is 6.61 Å². The zero-order chi connectivity index (χ0) is 19.6.